The minimum atomic E-state index is -2.85. The first-order valence-electron chi connectivity index (χ1n) is 23.9. The molecule has 0 spiro atoms. The summed E-state index contributed by atoms with van der Waals surface area (Å²) in [5.74, 6) is -0.551. The average molecular weight is 1060 g/mol. The standard InChI is InChI=1S/C52H54BrFN11O6P/c1-61-30-33(27-56-61)37-25-42(58-52-55-28-39(53)48(60-52)57-41-12-9-32(23-46(41)72(3,4)70)35-7-5-6-8-40(35)54)45(71-2)26-44(37)64-17-15-31(16-18-64)29-62-19-21-63(22-20-62)34-10-11-36-38(24-34)51(69)65(50(36)68)43-13-14-47(66)59-49(43)67/h5-12,23-28,30-31,43H,13-22,29H2,1-4H3,(H,59,66,67)(H2,55,57,58,60)/t43-/m0/s1. The van der Waals surface area contributed by atoms with Gasteiger partial charge in [0.25, 0.3) is 11.8 Å². The number of methoxy groups -OCH3 is 1. The summed E-state index contributed by atoms with van der Waals surface area (Å²) in [5.41, 5.74) is 6.65. The third kappa shape index (κ3) is 9.84. The van der Waals surface area contributed by atoms with Crippen LogP contribution in [0.1, 0.15) is 46.4 Å². The van der Waals surface area contributed by atoms with Gasteiger partial charge in [0.15, 0.2) is 0 Å². The third-order valence-corrected chi connectivity index (χ3v) is 16.1. The van der Waals surface area contributed by atoms with E-state index in [0.717, 1.165) is 86.1 Å². The average Bonchev–Trinajstić information content (AvgIpc) is 3.91. The molecule has 6 aromatic rings. The van der Waals surface area contributed by atoms with E-state index in [2.05, 4.69) is 62.7 Å². The molecular formula is C52H54BrFN11O6P. The highest BCUT2D eigenvalue weighted by atomic mass is 79.9. The fraction of sp³-hybridized carbons (Fsp3) is 0.327. The van der Waals surface area contributed by atoms with E-state index in [0.29, 0.717) is 55.7 Å². The minimum Gasteiger partial charge on any atom is -0.494 e. The summed E-state index contributed by atoms with van der Waals surface area (Å²) < 4.78 is 36.8. The van der Waals surface area contributed by atoms with Crippen molar-refractivity contribution in [3.8, 4) is 28.0 Å². The number of hydrogen-bond acceptors (Lipinski definition) is 14. The number of fused-ring (bicyclic) bond motifs is 1. The molecule has 0 bridgehead atoms. The number of piperazine rings is 1. The zero-order valence-electron chi connectivity index (χ0n) is 40.3. The molecule has 0 aliphatic carbocycles. The van der Waals surface area contributed by atoms with Gasteiger partial charge in [-0.05, 0) is 102 Å². The predicted molar refractivity (Wildman–Crippen MR) is 279 cm³/mol. The van der Waals surface area contributed by atoms with E-state index in [1.165, 1.54) is 6.07 Å². The monoisotopic (exact) mass is 1060 g/mol. The Bertz CT molecular complexity index is 3180. The first-order valence-corrected chi connectivity index (χ1v) is 27.3. The molecule has 20 heteroatoms. The number of hydrogen-bond donors (Lipinski definition) is 3. The van der Waals surface area contributed by atoms with E-state index in [-0.39, 0.29) is 29.8 Å². The van der Waals surface area contributed by atoms with Crippen molar-refractivity contribution < 1.29 is 32.9 Å². The van der Waals surface area contributed by atoms with Crippen LogP contribution in [0.2, 0.25) is 0 Å². The van der Waals surface area contributed by atoms with Crippen molar-refractivity contribution in [2.24, 2.45) is 13.0 Å². The van der Waals surface area contributed by atoms with Crippen LogP contribution >= 0.6 is 23.1 Å². The van der Waals surface area contributed by atoms with Gasteiger partial charge in [0.05, 0.1) is 40.3 Å². The lowest BCUT2D eigenvalue weighted by molar-refractivity contribution is -0.136. The van der Waals surface area contributed by atoms with Gasteiger partial charge in [-0.15, -0.1) is 0 Å². The van der Waals surface area contributed by atoms with Crippen LogP contribution in [-0.4, -0.2) is 125 Å². The summed E-state index contributed by atoms with van der Waals surface area (Å²) >= 11 is 3.59. The number of carbonyl (C=O) groups is 4. The highest BCUT2D eigenvalue weighted by Crippen LogP contribution is 2.43. The maximum atomic E-state index is 14.8. The van der Waals surface area contributed by atoms with Gasteiger partial charge in [0.1, 0.15) is 30.6 Å². The molecule has 372 valence electrons. The second-order valence-electron chi connectivity index (χ2n) is 19.1. The molecule has 3 fully saturated rings. The van der Waals surface area contributed by atoms with Gasteiger partial charge in [-0.3, -0.25) is 39.0 Å². The number of ether oxygens (including phenoxy) is 1. The van der Waals surface area contributed by atoms with Crippen molar-refractivity contribution in [2.75, 3.05) is 86.7 Å². The Balaban J connectivity index is 0.800. The number of imide groups is 2. The third-order valence-electron chi connectivity index (χ3n) is 14.0. The highest BCUT2D eigenvalue weighted by molar-refractivity contribution is 9.10. The number of amides is 4. The number of nitrogens with zero attached hydrogens (tertiary/aromatic N) is 8. The lowest BCUT2D eigenvalue weighted by atomic mass is 9.94. The summed E-state index contributed by atoms with van der Waals surface area (Å²) in [5, 5.41) is 14.1. The SMILES string of the molecule is COc1cc(N2CCC(CN3CCN(c4ccc5c(c4)C(=O)N([C@H]4CCC(=O)NC4=O)C5=O)CC3)CC2)c(-c2cnn(C)c2)cc1Nc1ncc(Br)c(Nc2ccc(-c3ccccc3F)cc2P(C)(C)=O)n1. The summed E-state index contributed by atoms with van der Waals surface area (Å²) in [7, 11) is 0.677. The lowest BCUT2D eigenvalue weighted by Crippen LogP contribution is -2.54. The lowest BCUT2D eigenvalue weighted by Gasteiger charge is -2.40. The van der Waals surface area contributed by atoms with Gasteiger partial charge in [-0.1, -0.05) is 24.3 Å². The van der Waals surface area contributed by atoms with Crippen LogP contribution in [0.5, 0.6) is 5.75 Å². The topological polar surface area (TPSA) is 187 Å². The maximum Gasteiger partial charge on any atom is 0.262 e. The first-order chi connectivity index (χ1) is 34.6. The number of nitrogens with one attached hydrogen (secondary N) is 3. The smallest absolute Gasteiger partial charge is 0.262 e. The molecule has 3 saturated heterocycles. The zero-order valence-corrected chi connectivity index (χ0v) is 42.8. The molecule has 2 aromatic heterocycles. The Kier molecular flexibility index (Phi) is 13.5. The number of benzene rings is 4. The maximum absolute atomic E-state index is 14.8. The molecule has 0 radical (unpaired) electrons. The van der Waals surface area contributed by atoms with Crippen molar-refractivity contribution in [2.45, 2.75) is 31.7 Å². The molecule has 10 rings (SSSR count). The van der Waals surface area contributed by atoms with Crippen molar-refractivity contribution in [1.82, 2.24) is 34.9 Å². The van der Waals surface area contributed by atoms with Gasteiger partial charge >= 0.3 is 0 Å². The van der Waals surface area contributed by atoms with Crippen molar-refractivity contribution in [3.05, 3.63) is 113 Å². The molecule has 6 heterocycles. The molecule has 17 nitrogen and oxygen atoms in total. The molecule has 4 aromatic carbocycles. The number of carbonyl (C=O) groups excluding carboxylic acids is 4. The fourth-order valence-electron chi connectivity index (χ4n) is 10.2. The molecule has 72 heavy (non-hydrogen) atoms. The van der Waals surface area contributed by atoms with Gasteiger partial charge in [0.2, 0.25) is 17.8 Å². The van der Waals surface area contributed by atoms with E-state index in [4.69, 9.17) is 9.72 Å². The van der Waals surface area contributed by atoms with Crippen LogP contribution in [-0.2, 0) is 21.2 Å². The number of rotatable bonds is 13. The Morgan fingerprint density at radius 1 is 0.806 bits per heavy atom. The Morgan fingerprint density at radius 2 is 1.57 bits per heavy atom. The summed E-state index contributed by atoms with van der Waals surface area (Å²) in [6.45, 7) is 9.28. The van der Waals surface area contributed by atoms with Crippen LogP contribution in [0.25, 0.3) is 22.3 Å². The van der Waals surface area contributed by atoms with Crippen LogP contribution < -0.4 is 35.8 Å². The van der Waals surface area contributed by atoms with Gasteiger partial charge < -0.3 is 29.7 Å². The van der Waals surface area contributed by atoms with E-state index in [1.54, 1.807) is 79.8 Å². The number of halogens is 2. The van der Waals surface area contributed by atoms with Gasteiger partial charge in [0, 0.05) is 111 Å². The van der Waals surface area contributed by atoms with Crippen LogP contribution in [0.15, 0.2) is 95.9 Å². The van der Waals surface area contributed by atoms with Crippen LogP contribution in [0.4, 0.5) is 38.9 Å². The van der Waals surface area contributed by atoms with Crippen molar-refractivity contribution in [3.63, 3.8) is 0 Å². The second-order valence-corrected chi connectivity index (χ2v) is 23.1. The molecule has 0 unspecified atom stereocenters. The van der Waals surface area contributed by atoms with E-state index in [9.17, 15) is 28.1 Å². The van der Waals surface area contributed by atoms with Gasteiger partial charge in [-0.25, -0.2) is 9.37 Å². The number of anilines is 6. The van der Waals surface area contributed by atoms with E-state index in [1.807, 2.05) is 31.6 Å². The molecular weight excluding hydrogens is 1000 g/mol. The number of piperidine rings is 2. The van der Waals surface area contributed by atoms with Crippen molar-refractivity contribution >= 4 is 86.5 Å². The summed E-state index contributed by atoms with van der Waals surface area (Å²) in [4.78, 5) is 68.6. The quantitative estimate of drug-likeness (QED) is 0.0757. The zero-order chi connectivity index (χ0) is 50.4. The minimum absolute atomic E-state index is 0.0766. The van der Waals surface area contributed by atoms with E-state index < -0.39 is 36.8 Å². The van der Waals surface area contributed by atoms with Crippen molar-refractivity contribution in [1.29, 1.82) is 0 Å². The molecule has 4 aliphatic rings. The van der Waals surface area contributed by atoms with Crippen LogP contribution in [0.3, 0.4) is 0 Å². The molecule has 4 amide bonds. The summed E-state index contributed by atoms with van der Waals surface area (Å²) in [6, 6.07) is 20.3. The largest absolute Gasteiger partial charge is 0.494 e. The molecule has 1 atom stereocenters. The molecule has 3 N–H and O–H groups in total. The normalized spacial score (nSPS) is 17.9. The number of aryl methyl sites for hydroxylation is 1. The van der Waals surface area contributed by atoms with E-state index >= 15 is 0 Å². The Morgan fingerprint density at radius 3 is 2.28 bits per heavy atom. The fourth-order valence-corrected chi connectivity index (χ4v) is 11.6. The molecule has 0 saturated carbocycles. The van der Waals surface area contributed by atoms with Gasteiger partial charge in [-0.2, -0.15) is 10.1 Å². The highest BCUT2D eigenvalue weighted by Gasteiger charge is 2.45. The second kappa shape index (κ2) is 19.9. The summed E-state index contributed by atoms with van der Waals surface area (Å²) in [6.07, 6.45) is 7.68. The number of aromatic nitrogens is 4. The predicted octanol–water partition coefficient (Wildman–Crippen LogP) is 7.63. The Hall–Kier alpha value is -6.95. The first kappa shape index (κ1) is 48.7. The van der Waals surface area contributed by atoms with Crippen LogP contribution in [0, 0.1) is 11.7 Å². The Labute approximate surface area is 424 Å². The molecule has 4 aliphatic heterocycles.